The molecule has 1 N–H and O–H groups in total. The summed E-state index contributed by atoms with van der Waals surface area (Å²) >= 11 is 1.56. The van der Waals surface area contributed by atoms with Gasteiger partial charge >= 0.3 is 12.3 Å². The number of alkyl halides is 3. The van der Waals surface area contributed by atoms with Crippen molar-refractivity contribution in [1.29, 1.82) is 0 Å². The van der Waals surface area contributed by atoms with E-state index in [1.54, 1.807) is 11.3 Å². The molecule has 57 heavy (non-hydrogen) atoms. The second-order valence-corrected chi connectivity index (χ2v) is 16.9. The number of amidine groups is 1. The smallest absolute Gasteiger partial charge is 0.453 e. The van der Waals surface area contributed by atoms with Gasteiger partial charge in [-0.05, 0) is 88.1 Å². The summed E-state index contributed by atoms with van der Waals surface area (Å²) in [4.78, 5) is 37.1. The Morgan fingerprint density at radius 1 is 0.947 bits per heavy atom. The van der Waals surface area contributed by atoms with Crippen LogP contribution in [0.3, 0.4) is 0 Å². The number of aromatic nitrogens is 4. The number of hydrogen-bond donors (Lipinski definition) is 1. The monoisotopic (exact) mass is 800 g/mol. The predicted octanol–water partition coefficient (Wildman–Crippen LogP) is 8.22. The van der Waals surface area contributed by atoms with Crippen molar-refractivity contribution in [3.05, 3.63) is 88.1 Å². The quantitative estimate of drug-likeness (QED) is 0.195. The number of carbonyl (C=O) groups is 2. The highest BCUT2D eigenvalue weighted by molar-refractivity contribution is 7.13. The Balaban J connectivity index is 0.924. The summed E-state index contributed by atoms with van der Waals surface area (Å²) in [7, 11) is 0. The molecule has 0 spiro atoms. The van der Waals surface area contributed by atoms with Crippen LogP contribution in [0.4, 0.5) is 18.0 Å². The van der Waals surface area contributed by atoms with Gasteiger partial charge in [-0.25, -0.2) is 9.78 Å². The number of hydrogen-bond acceptors (Lipinski definition) is 8. The summed E-state index contributed by atoms with van der Waals surface area (Å²) < 4.78 is 41.0. The number of amides is 2. The van der Waals surface area contributed by atoms with E-state index >= 15 is 0 Å². The molecule has 0 unspecified atom stereocenters. The first kappa shape index (κ1) is 40.0. The second kappa shape index (κ2) is 16.3. The first-order valence-corrected chi connectivity index (χ1v) is 20.3. The average Bonchev–Trinajstić information content (AvgIpc) is 3.83. The van der Waals surface area contributed by atoms with Crippen molar-refractivity contribution in [2.45, 2.75) is 96.3 Å². The molecule has 0 radical (unpaired) electrons. The van der Waals surface area contributed by atoms with Gasteiger partial charge in [-0.15, -0.1) is 21.5 Å². The van der Waals surface area contributed by atoms with Crippen molar-refractivity contribution < 1.29 is 27.9 Å². The molecule has 1 atom stereocenters. The van der Waals surface area contributed by atoms with E-state index in [-0.39, 0.29) is 24.1 Å². The van der Waals surface area contributed by atoms with Crippen LogP contribution >= 0.6 is 11.3 Å². The van der Waals surface area contributed by atoms with Gasteiger partial charge in [0.25, 0.3) is 5.82 Å². The lowest BCUT2D eigenvalue weighted by Crippen LogP contribution is -2.49. The van der Waals surface area contributed by atoms with Crippen LogP contribution < -0.4 is 0 Å². The Morgan fingerprint density at radius 2 is 1.63 bits per heavy atom. The third-order valence-electron chi connectivity index (χ3n) is 11.2. The molecular weight excluding hydrogens is 754 g/mol. The molecule has 300 valence electrons. The van der Waals surface area contributed by atoms with Gasteiger partial charge in [0.05, 0.1) is 28.5 Å². The van der Waals surface area contributed by atoms with Gasteiger partial charge in [0.1, 0.15) is 5.84 Å². The van der Waals surface area contributed by atoms with Crippen LogP contribution in [0.15, 0.2) is 59.1 Å². The molecule has 7 rings (SSSR count). The van der Waals surface area contributed by atoms with Crippen LogP contribution in [0, 0.1) is 24.7 Å². The Kier molecular flexibility index (Phi) is 11.5. The van der Waals surface area contributed by atoms with E-state index in [2.05, 4.69) is 49.2 Å². The number of benzene rings is 2. The summed E-state index contributed by atoms with van der Waals surface area (Å²) in [5, 5.41) is 21.6. The number of thiazole rings is 1. The Bertz CT molecular complexity index is 2160. The van der Waals surface area contributed by atoms with Crippen molar-refractivity contribution in [1.82, 2.24) is 34.6 Å². The number of likely N-dealkylation sites (tertiary alicyclic amines) is 2. The highest BCUT2D eigenvalue weighted by atomic mass is 32.1. The number of nitrogens with zero attached hydrogens (tertiary/aromatic N) is 8. The van der Waals surface area contributed by atoms with Crippen LogP contribution in [0.2, 0.25) is 0 Å². The first-order valence-electron chi connectivity index (χ1n) is 19.4. The number of aryl methyl sites for hydroxylation is 2. The van der Waals surface area contributed by atoms with E-state index in [1.165, 1.54) is 10.5 Å². The van der Waals surface area contributed by atoms with Gasteiger partial charge in [0, 0.05) is 56.0 Å². The van der Waals surface area contributed by atoms with Crippen molar-refractivity contribution >= 4 is 29.2 Å². The molecule has 15 heteroatoms. The molecule has 3 aliphatic rings. The average molecular weight is 801 g/mol. The minimum atomic E-state index is -4.61. The molecule has 11 nitrogen and oxygen atoms in total. The van der Waals surface area contributed by atoms with E-state index < -0.39 is 29.7 Å². The van der Waals surface area contributed by atoms with E-state index in [1.807, 2.05) is 74.5 Å². The third-order valence-corrected chi connectivity index (χ3v) is 12.1. The molecule has 2 saturated heterocycles. The van der Waals surface area contributed by atoms with Gasteiger partial charge < -0.3 is 14.9 Å². The Morgan fingerprint density at radius 3 is 2.23 bits per heavy atom. The molecule has 0 bridgehead atoms. The summed E-state index contributed by atoms with van der Waals surface area (Å²) in [5.74, 6) is 6.95. The highest BCUT2D eigenvalue weighted by Crippen LogP contribution is 2.36. The van der Waals surface area contributed by atoms with Crippen molar-refractivity contribution in [3.63, 3.8) is 0 Å². The summed E-state index contributed by atoms with van der Waals surface area (Å²) in [6.07, 6.45) is -1.50. The number of piperidine rings is 2. The zero-order chi connectivity index (χ0) is 40.5. The fourth-order valence-corrected chi connectivity index (χ4v) is 8.92. The maximum Gasteiger partial charge on any atom is 0.453 e. The summed E-state index contributed by atoms with van der Waals surface area (Å²) in [6, 6.07) is 15.5. The maximum atomic E-state index is 13.8. The van der Waals surface area contributed by atoms with Crippen LogP contribution in [0.5, 0.6) is 0 Å². The molecule has 4 aromatic rings. The Labute approximate surface area is 334 Å². The minimum Gasteiger partial charge on any atom is -0.465 e. The van der Waals surface area contributed by atoms with E-state index in [0.29, 0.717) is 50.8 Å². The lowest BCUT2D eigenvalue weighted by molar-refractivity contribution is -0.147. The third kappa shape index (κ3) is 9.01. The minimum absolute atomic E-state index is 0.0475. The standard InChI is InChI=1S/C42H47F3N8O3S/c1-27-38(57-26-46-27)33-13-11-32(12-14-33)34(52(40(55)56)41(2,3)4)25-37(54)51-21-17-29(18-22-51)6-5-28-7-9-30(10-8-28)31-19-23-50(24-20-31)36-16-15-35-47-48-39(42(43,44)45)53(35)49-36/h7-14,26,29,31,34H,15-25H2,1-4H3,(H,55,56)/t34-/m0/s1. The Hall–Kier alpha value is -5.23. The zero-order valence-electron chi connectivity index (χ0n) is 32.6. The SMILES string of the molecule is Cc1ncsc1-c1ccc([C@H](CC(=O)N2CCC(C#Cc3ccc(C4CCN(C5=Nn6c(nnc6C(F)(F)F)CC5)CC4)cc3)CC2)N(C(=O)O)C(C)(C)C)cc1. The molecular formula is C42H47F3N8O3S. The lowest BCUT2D eigenvalue weighted by atomic mass is 9.88. The molecule has 3 aliphatic heterocycles. The fourth-order valence-electron chi connectivity index (χ4n) is 8.10. The van der Waals surface area contributed by atoms with Gasteiger partial charge in [0.15, 0.2) is 5.82 Å². The number of fused-ring (bicyclic) bond motifs is 1. The molecule has 2 aromatic heterocycles. The van der Waals surface area contributed by atoms with E-state index in [0.717, 1.165) is 57.6 Å². The summed E-state index contributed by atoms with van der Waals surface area (Å²) in [5.41, 5.74) is 5.94. The molecule has 2 amide bonds. The van der Waals surface area contributed by atoms with Gasteiger partial charge in [0.2, 0.25) is 5.91 Å². The van der Waals surface area contributed by atoms with E-state index in [9.17, 15) is 27.9 Å². The number of halogens is 3. The molecule has 2 fully saturated rings. The second-order valence-electron chi connectivity index (χ2n) is 16.0. The van der Waals surface area contributed by atoms with Crippen LogP contribution in [0.1, 0.15) is 105 Å². The van der Waals surface area contributed by atoms with Crippen LogP contribution in [-0.4, -0.2) is 89.2 Å². The zero-order valence-corrected chi connectivity index (χ0v) is 33.4. The molecule has 0 saturated carbocycles. The predicted molar refractivity (Wildman–Crippen MR) is 212 cm³/mol. The van der Waals surface area contributed by atoms with Crippen LogP contribution in [0.25, 0.3) is 10.4 Å². The molecule has 5 heterocycles. The maximum absolute atomic E-state index is 13.8. The molecule has 2 aromatic carbocycles. The largest absolute Gasteiger partial charge is 0.465 e. The normalized spacial score (nSPS) is 17.4. The lowest BCUT2D eigenvalue weighted by Gasteiger charge is -2.40. The summed E-state index contributed by atoms with van der Waals surface area (Å²) in [6.45, 7) is 10.0. The number of carboxylic acid groups (broad SMARTS) is 1. The first-order chi connectivity index (χ1) is 27.2. The van der Waals surface area contributed by atoms with Crippen molar-refractivity contribution in [2.24, 2.45) is 11.0 Å². The van der Waals surface area contributed by atoms with E-state index in [4.69, 9.17) is 0 Å². The van der Waals surface area contributed by atoms with Gasteiger partial charge in [-0.1, -0.05) is 48.2 Å². The van der Waals surface area contributed by atoms with Gasteiger partial charge in [-0.3, -0.25) is 9.69 Å². The topological polar surface area (TPSA) is 120 Å². The van der Waals surface area contributed by atoms with Gasteiger partial charge in [-0.2, -0.15) is 22.9 Å². The number of carbonyl (C=O) groups excluding carboxylic acids is 1. The number of rotatable bonds is 6. The van der Waals surface area contributed by atoms with Crippen LogP contribution in [-0.2, 0) is 17.4 Å². The molecule has 0 aliphatic carbocycles. The van der Waals surface area contributed by atoms with Crippen molar-refractivity contribution in [2.75, 3.05) is 26.2 Å². The highest BCUT2D eigenvalue weighted by Gasteiger charge is 2.40. The fraction of sp³-hybridized carbons (Fsp3) is 0.476. The van der Waals surface area contributed by atoms with Crippen molar-refractivity contribution in [3.8, 4) is 22.3 Å².